The second-order valence-corrected chi connectivity index (χ2v) is 5.42. The summed E-state index contributed by atoms with van der Waals surface area (Å²) in [4.78, 5) is 4.10. The third kappa shape index (κ3) is 1.26. The van der Waals surface area contributed by atoms with Crippen molar-refractivity contribution in [2.75, 3.05) is 0 Å². The van der Waals surface area contributed by atoms with Gasteiger partial charge in [0.15, 0.2) is 0 Å². The molecule has 0 aromatic carbocycles. The minimum Gasteiger partial charge on any atom is -0.265 e. The maximum atomic E-state index is 4.10. The molecule has 1 aromatic heterocycles. The van der Waals surface area contributed by atoms with Crippen molar-refractivity contribution < 1.29 is 0 Å². The Morgan fingerprint density at radius 2 is 1.71 bits per heavy atom. The van der Waals surface area contributed by atoms with Crippen molar-refractivity contribution in [3.63, 3.8) is 0 Å². The Hall–Kier alpha value is -0.850. The van der Waals surface area contributed by atoms with Gasteiger partial charge >= 0.3 is 0 Å². The van der Waals surface area contributed by atoms with Crippen molar-refractivity contribution in [3.05, 3.63) is 30.1 Å². The van der Waals surface area contributed by atoms with Gasteiger partial charge in [0.25, 0.3) is 0 Å². The molecule has 1 saturated carbocycles. The number of hydrogen-bond donors (Lipinski definition) is 0. The zero-order valence-corrected chi connectivity index (χ0v) is 9.38. The van der Waals surface area contributed by atoms with Crippen molar-refractivity contribution >= 4 is 0 Å². The molecule has 1 heteroatoms. The standard InChI is InChI=1S/C13H19N/c1-12(2,3)13(7-4-8-13)11-5-9-14-10-6-11/h5-6,9-10H,4,7-8H2,1-3H3. The molecule has 0 atom stereocenters. The number of pyridine rings is 1. The molecule has 14 heavy (non-hydrogen) atoms. The van der Waals surface area contributed by atoms with Crippen molar-refractivity contribution in [2.24, 2.45) is 5.41 Å². The first-order valence-electron chi connectivity index (χ1n) is 5.47. The Bertz CT molecular complexity index is 304. The molecule has 0 N–H and O–H groups in total. The maximum absolute atomic E-state index is 4.10. The quantitative estimate of drug-likeness (QED) is 0.658. The van der Waals surface area contributed by atoms with Crippen LogP contribution >= 0.6 is 0 Å². The number of aromatic nitrogens is 1. The fraction of sp³-hybridized carbons (Fsp3) is 0.615. The fourth-order valence-electron chi connectivity index (χ4n) is 2.67. The highest BCUT2D eigenvalue weighted by Crippen LogP contribution is 2.54. The SMILES string of the molecule is CC(C)(C)C1(c2ccncc2)CCC1. The molecule has 2 rings (SSSR count). The Balaban J connectivity index is 2.39. The second-order valence-electron chi connectivity index (χ2n) is 5.42. The number of hydrogen-bond acceptors (Lipinski definition) is 1. The average Bonchev–Trinajstić information content (AvgIpc) is 2.01. The van der Waals surface area contributed by atoms with Gasteiger partial charge in [-0.2, -0.15) is 0 Å². The minimum absolute atomic E-state index is 0.368. The molecule has 1 heterocycles. The van der Waals surface area contributed by atoms with Gasteiger partial charge in [0, 0.05) is 17.8 Å². The molecular formula is C13H19N. The predicted octanol–water partition coefficient (Wildman–Crippen LogP) is 3.55. The first kappa shape index (κ1) is 9.70. The largest absolute Gasteiger partial charge is 0.265 e. The molecule has 0 spiro atoms. The van der Waals surface area contributed by atoms with E-state index in [1.807, 2.05) is 12.4 Å². The summed E-state index contributed by atoms with van der Waals surface area (Å²) in [5.41, 5.74) is 2.26. The third-order valence-corrected chi connectivity index (χ3v) is 3.88. The van der Waals surface area contributed by atoms with Gasteiger partial charge in [0.05, 0.1) is 0 Å². The molecule has 0 radical (unpaired) electrons. The Morgan fingerprint density at radius 3 is 2.07 bits per heavy atom. The van der Waals surface area contributed by atoms with Crippen LogP contribution in [0.1, 0.15) is 45.6 Å². The topological polar surface area (TPSA) is 12.9 Å². The normalized spacial score (nSPS) is 20.2. The van der Waals surface area contributed by atoms with Crippen molar-refractivity contribution in [1.29, 1.82) is 0 Å². The van der Waals surface area contributed by atoms with E-state index < -0.39 is 0 Å². The number of rotatable bonds is 1. The predicted molar refractivity (Wildman–Crippen MR) is 59.2 cm³/mol. The van der Waals surface area contributed by atoms with Crippen LogP contribution in [0.25, 0.3) is 0 Å². The summed E-state index contributed by atoms with van der Waals surface area (Å²) in [7, 11) is 0. The maximum Gasteiger partial charge on any atom is 0.0270 e. The van der Waals surface area contributed by atoms with E-state index in [0.29, 0.717) is 10.8 Å². The summed E-state index contributed by atoms with van der Waals surface area (Å²) in [5.74, 6) is 0. The van der Waals surface area contributed by atoms with Crippen LogP contribution in [0.15, 0.2) is 24.5 Å². The fourth-order valence-corrected chi connectivity index (χ4v) is 2.67. The number of nitrogens with zero attached hydrogens (tertiary/aromatic N) is 1. The van der Waals surface area contributed by atoms with Crippen LogP contribution in [0.4, 0.5) is 0 Å². The van der Waals surface area contributed by atoms with Crippen LogP contribution < -0.4 is 0 Å². The molecule has 0 aliphatic heterocycles. The van der Waals surface area contributed by atoms with Crippen LogP contribution in [0, 0.1) is 5.41 Å². The zero-order valence-electron chi connectivity index (χ0n) is 9.38. The van der Waals surface area contributed by atoms with Gasteiger partial charge in [-0.25, -0.2) is 0 Å². The van der Waals surface area contributed by atoms with Gasteiger partial charge in [0.2, 0.25) is 0 Å². The van der Waals surface area contributed by atoms with Gasteiger partial charge < -0.3 is 0 Å². The van der Waals surface area contributed by atoms with E-state index in [-0.39, 0.29) is 0 Å². The van der Waals surface area contributed by atoms with Crippen molar-refractivity contribution in [2.45, 2.75) is 45.4 Å². The summed E-state index contributed by atoms with van der Waals surface area (Å²) >= 11 is 0. The third-order valence-electron chi connectivity index (χ3n) is 3.88. The smallest absolute Gasteiger partial charge is 0.0270 e. The Morgan fingerprint density at radius 1 is 1.14 bits per heavy atom. The van der Waals surface area contributed by atoms with Gasteiger partial charge in [-0.15, -0.1) is 0 Å². The molecule has 0 saturated heterocycles. The molecule has 0 bridgehead atoms. The van der Waals surface area contributed by atoms with Gasteiger partial charge in [0.1, 0.15) is 0 Å². The highest BCUT2D eigenvalue weighted by molar-refractivity contribution is 5.28. The molecule has 0 amide bonds. The van der Waals surface area contributed by atoms with Crippen molar-refractivity contribution in [1.82, 2.24) is 4.98 Å². The van der Waals surface area contributed by atoms with E-state index >= 15 is 0 Å². The molecular weight excluding hydrogens is 170 g/mol. The molecule has 1 aliphatic rings. The van der Waals surface area contributed by atoms with E-state index in [9.17, 15) is 0 Å². The lowest BCUT2D eigenvalue weighted by atomic mass is 9.52. The first-order chi connectivity index (χ1) is 6.56. The van der Waals surface area contributed by atoms with Gasteiger partial charge in [-0.3, -0.25) is 4.98 Å². The summed E-state index contributed by atoms with van der Waals surface area (Å²) < 4.78 is 0. The summed E-state index contributed by atoms with van der Waals surface area (Å²) in [6.07, 6.45) is 7.88. The van der Waals surface area contributed by atoms with E-state index in [4.69, 9.17) is 0 Å². The highest BCUT2D eigenvalue weighted by atomic mass is 14.6. The van der Waals surface area contributed by atoms with E-state index in [1.54, 1.807) is 0 Å². The summed E-state index contributed by atoms with van der Waals surface area (Å²) in [6, 6.07) is 4.37. The van der Waals surface area contributed by atoms with Crippen LogP contribution in [0.2, 0.25) is 0 Å². The Labute approximate surface area is 86.6 Å². The molecule has 1 nitrogen and oxygen atoms in total. The van der Waals surface area contributed by atoms with Crippen molar-refractivity contribution in [3.8, 4) is 0 Å². The van der Waals surface area contributed by atoms with Crippen LogP contribution in [0.3, 0.4) is 0 Å². The van der Waals surface area contributed by atoms with E-state index in [2.05, 4.69) is 37.9 Å². The average molecular weight is 189 g/mol. The lowest BCUT2D eigenvalue weighted by molar-refractivity contribution is 0.0851. The van der Waals surface area contributed by atoms with Gasteiger partial charge in [-0.1, -0.05) is 27.2 Å². The van der Waals surface area contributed by atoms with Crippen LogP contribution in [-0.2, 0) is 5.41 Å². The molecule has 1 aliphatic carbocycles. The van der Waals surface area contributed by atoms with Gasteiger partial charge in [-0.05, 0) is 36.0 Å². The van der Waals surface area contributed by atoms with E-state index in [0.717, 1.165) is 0 Å². The van der Waals surface area contributed by atoms with Crippen LogP contribution in [0.5, 0.6) is 0 Å². The summed E-state index contributed by atoms with van der Waals surface area (Å²) in [5, 5.41) is 0. The molecule has 0 unspecified atom stereocenters. The lowest BCUT2D eigenvalue weighted by Crippen LogP contribution is -2.45. The lowest BCUT2D eigenvalue weighted by Gasteiger charge is -2.52. The highest BCUT2D eigenvalue weighted by Gasteiger charge is 2.47. The molecule has 1 aromatic rings. The summed E-state index contributed by atoms with van der Waals surface area (Å²) in [6.45, 7) is 7.06. The molecule has 76 valence electrons. The molecule has 1 fully saturated rings. The Kier molecular flexibility index (Phi) is 2.13. The first-order valence-corrected chi connectivity index (χ1v) is 5.47. The van der Waals surface area contributed by atoms with E-state index in [1.165, 1.54) is 24.8 Å². The van der Waals surface area contributed by atoms with Crippen LogP contribution in [-0.4, -0.2) is 4.98 Å². The second kappa shape index (κ2) is 3.08. The monoisotopic (exact) mass is 189 g/mol. The zero-order chi connectivity index (χ0) is 10.2. The minimum atomic E-state index is 0.368.